The summed E-state index contributed by atoms with van der Waals surface area (Å²) in [5, 5.41) is 2.80. The third kappa shape index (κ3) is 8.32. The second-order valence-electron chi connectivity index (χ2n) is 6.00. The second kappa shape index (κ2) is 9.37. The molecule has 0 radical (unpaired) electrons. The zero-order chi connectivity index (χ0) is 16.5. The number of nitrogens with zero attached hydrogens (tertiary/aromatic N) is 1. The van der Waals surface area contributed by atoms with E-state index in [2.05, 4.69) is 10.1 Å². The van der Waals surface area contributed by atoms with E-state index in [-0.39, 0.29) is 18.4 Å². The van der Waals surface area contributed by atoms with Crippen LogP contribution in [0.2, 0.25) is 0 Å². The Labute approximate surface area is 127 Å². The fraction of sp³-hybridized carbons (Fsp3) is 0.800. The van der Waals surface area contributed by atoms with Gasteiger partial charge in [0.1, 0.15) is 6.54 Å². The van der Waals surface area contributed by atoms with Gasteiger partial charge in [-0.3, -0.25) is 14.4 Å². The number of hydrogen-bond donors (Lipinski definition) is 1. The van der Waals surface area contributed by atoms with Crippen LogP contribution in [0.1, 0.15) is 47.0 Å². The topological polar surface area (TPSA) is 75.7 Å². The Hall–Kier alpha value is -1.59. The van der Waals surface area contributed by atoms with Crippen molar-refractivity contribution in [1.82, 2.24) is 10.2 Å². The van der Waals surface area contributed by atoms with Crippen LogP contribution in [0, 0.1) is 5.41 Å². The summed E-state index contributed by atoms with van der Waals surface area (Å²) < 4.78 is 4.58. The largest absolute Gasteiger partial charge is 0.468 e. The number of carbonyl (C=O) groups is 3. The molecule has 0 aromatic rings. The van der Waals surface area contributed by atoms with E-state index >= 15 is 0 Å². The summed E-state index contributed by atoms with van der Waals surface area (Å²) in [5.74, 6) is -0.542. The Balaban J connectivity index is 4.14. The minimum Gasteiger partial charge on any atom is -0.468 e. The molecule has 0 aromatic heterocycles. The van der Waals surface area contributed by atoms with E-state index in [0.717, 1.165) is 6.42 Å². The minimum absolute atomic E-state index is 0.0163. The highest BCUT2D eigenvalue weighted by Gasteiger charge is 2.21. The Bertz CT molecular complexity index is 361. The van der Waals surface area contributed by atoms with E-state index in [1.165, 1.54) is 12.0 Å². The molecule has 21 heavy (non-hydrogen) atoms. The second-order valence-corrected chi connectivity index (χ2v) is 6.00. The molecule has 0 aliphatic rings. The average Bonchev–Trinajstić information content (AvgIpc) is 2.41. The molecule has 2 amide bonds. The van der Waals surface area contributed by atoms with Crippen molar-refractivity contribution in [2.24, 2.45) is 5.41 Å². The first-order chi connectivity index (χ1) is 9.72. The summed E-state index contributed by atoms with van der Waals surface area (Å²) in [4.78, 5) is 36.4. The predicted octanol–water partition coefficient (Wildman–Crippen LogP) is 1.34. The zero-order valence-electron chi connectivity index (χ0n) is 13.8. The first-order valence-corrected chi connectivity index (χ1v) is 7.35. The van der Waals surface area contributed by atoms with E-state index in [4.69, 9.17) is 0 Å². The quantitative estimate of drug-likeness (QED) is 0.542. The van der Waals surface area contributed by atoms with Crippen LogP contribution < -0.4 is 5.32 Å². The van der Waals surface area contributed by atoms with E-state index in [0.29, 0.717) is 25.9 Å². The van der Waals surface area contributed by atoms with Crippen molar-refractivity contribution in [2.75, 3.05) is 26.7 Å². The molecule has 0 saturated carbocycles. The smallest absolute Gasteiger partial charge is 0.325 e. The van der Waals surface area contributed by atoms with Crippen LogP contribution in [0.15, 0.2) is 0 Å². The number of esters is 1. The molecule has 6 nitrogen and oxygen atoms in total. The van der Waals surface area contributed by atoms with Gasteiger partial charge < -0.3 is 15.0 Å². The minimum atomic E-state index is -0.427. The van der Waals surface area contributed by atoms with Gasteiger partial charge in [0.15, 0.2) is 0 Å². The molecule has 0 rings (SSSR count). The number of nitrogens with one attached hydrogen (secondary N) is 1. The predicted molar refractivity (Wildman–Crippen MR) is 80.6 cm³/mol. The monoisotopic (exact) mass is 300 g/mol. The summed E-state index contributed by atoms with van der Waals surface area (Å²) in [5.41, 5.74) is -0.427. The van der Waals surface area contributed by atoms with Gasteiger partial charge in [0.2, 0.25) is 11.8 Å². The molecule has 122 valence electrons. The van der Waals surface area contributed by atoms with Crippen LogP contribution in [0.4, 0.5) is 0 Å². The van der Waals surface area contributed by atoms with Gasteiger partial charge >= 0.3 is 5.97 Å². The summed E-state index contributed by atoms with van der Waals surface area (Å²) in [6.07, 6.45) is 1.65. The van der Waals surface area contributed by atoms with Crippen molar-refractivity contribution in [3.05, 3.63) is 0 Å². The fourth-order valence-electron chi connectivity index (χ4n) is 1.65. The molecule has 0 unspecified atom stereocenters. The van der Waals surface area contributed by atoms with E-state index in [1.54, 1.807) is 0 Å². The lowest BCUT2D eigenvalue weighted by Crippen LogP contribution is -2.38. The van der Waals surface area contributed by atoms with Gasteiger partial charge in [-0.05, 0) is 12.8 Å². The maximum atomic E-state index is 12.0. The van der Waals surface area contributed by atoms with Crippen LogP contribution in [-0.4, -0.2) is 49.4 Å². The number of carbonyl (C=O) groups excluding carboxylic acids is 3. The SMILES string of the molecule is CCCN(CC(=O)OC)C(=O)CCCNC(=O)C(C)(C)C. The average molecular weight is 300 g/mol. The summed E-state index contributed by atoms with van der Waals surface area (Å²) in [6, 6.07) is 0. The number of ether oxygens (including phenoxy) is 1. The molecule has 0 aliphatic carbocycles. The van der Waals surface area contributed by atoms with E-state index in [9.17, 15) is 14.4 Å². The first-order valence-electron chi connectivity index (χ1n) is 7.35. The zero-order valence-corrected chi connectivity index (χ0v) is 13.8. The van der Waals surface area contributed by atoms with Gasteiger partial charge in [0.25, 0.3) is 0 Å². The molecule has 0 saturated heterocycles. The third-order valence-electron chi connectivity index (χ3n) is 2.93. The van der Waals surface area contributed by atoms with Crippen LogP contribution in [0.5, 0.6) is 0 Å². The van der Waals surface area contributed by atoms with Crippen LogP contribution in [-0.2, 0) is 19.1 Å². The normalized spacial score (nSPS) is 10.9. The summed E-state index contributed by atoms with van der Waals surface area (Å²) >= 11 is 0. The maximum absolute atomic E-state index is 12.0. The van der Waals surface area contributed by atoms with Crippen LogP contribution in [0.3, 0.4) is 0 Å². The highest BCUT2D eigenvalue weighted by Crippen LogP contribution is 2.12. The molecule has 0 fully saturated rings. The van der Waals surface area contributed by atoms with Gasteiger partial charge in [-0.1, -0.05) is 27.7 Å². The highest BCUT2D eigenvalue weighted by atomic mass is 16.5. The van der Waals surface area contributed by atoms with E-state index < -0.39 is 11.4 Å². The van der Waals surface area contributed by atoms with Crippen molar-refractivity contribution in [3.63, 3.8) is 0 Å². The van der Waals surface area contributed by atoms with Gasteiger partial charge in [0, 0.05) is 24.9 Å². The van der Waals surface area contributed by atoms with Gasteiger partial charge in [-0.2, -0.15) is 0 Å². The van der Waals surface area contributed by atoms with E-state index in [1.807, 2.05) is 27.7 Å². The molecule has 0 aliphatic heterocycles. The molecule has 0 spiro atoms. The van der Waals surface area contributed by atoms with Crippen LogP contribution in [0.25, 0.3) is 0 Å². The summed E-state index contributed by atoms with van der Waals surface area (Å²) in [7, 11) is 1.30. The number of rotatable bonds is 8. The standard InChI is InChI=1S/C15H28N2O4/c1-6-10-17(11-13(19)21-5)12(18)8-7-9-16-14(20)15(2,3)4/h6-11H2,1-5H3,(H,16,20). The van der Waals surface area contributed by atoms with Crippen molar-refractivity contribution < 1.29 is 19.1 Å². The van der Waals surface area contributed by atoms with Crippen LogP contribution >= 0.6 is 0 Å². The lowest BCUT2D eigenvalue weighted by Gasteiger charge is -2.21. The molecule has 0 heterocycles. The van der Waals surface area contributed by atoms with Gasteiger partial charge in [-0.25, -0.2) is 0 Å². The molecular weight excluding hydrogens is 272 g/mol. The lowest BCUT2D eigenvalue weighted by atomic mass is 9.96. The van der Waals surface area contributed by atoms with Gasteiger partial charge in [-0.15, -0.1) is 0 Å². The first kappa shape index (κ1) is 19.4. The van der Waals surface area contributed by atoms with Crippen molar-refractivity contribution >= 4 is 17.8 Å². The Morgan fingerprint density at radius 1 is 1.19 bits per heavy atom. The summed E-state index contributed by atoms with van der Waals surface area (Å²) in [6.45, 7) is 8.44. The van der Waals surface area contributed by atoms with Crippen molar-refractivity contribution in [2.45, 2.75) is 47.0 Å². The molecule has 0 aromatic carbocycles. The maximum Gasteiger partial charge on any atom is 0.325 e. The number of methoxy groups -OCH3 is 1. The molecular formula is C15H28N2O4. The third-order valence-corrected chi connectivity index (χ3v) is 2.93. The number of amides is 2. The fourth-order valence-corrected chi connectivity index (χ4v) is 1.65. The number of hydrogen-bond acceptors (Lipinski definition) is 4. The highest BCUT2D eigenvalue weighted by molar-refractivity contribution is 5.82. The Morgan fingerprint density at radius 2 is 1.81 bits per heavy atom. The molecule has 6 heteroatoms. The Morgan fingerprint density at radius 3 is 2.29 bits per heavy atom. The lowest BCUT2D eigenvalue weighted by molar-refractivity contribution is -0.147. The van der Waals surface area contributed by atoms with Crippen molar-refractivity contribution in [3.8, 4) is 0 Å². The van der Waals surface area contributed by atoms with Gasteiger partial charge in [0.05, 0.1) is 7.11 Å². The molecule has 1 N–H and O–H groups in total. The molecule has 0 atom stereocenters. The molecule has 0 bridgehead atoms. The Kier molecular flexibility index (Phi) is 8.66. The van der Waals surface area contributed by atoms with Crippen molar-refractivity contribution in [1.29, 1.82) is 0 Å².